The zero-order valence-corrected chi connectivity index (χ0v) is 14.7. The van der Waals surface area contributed by atoms with E-state index in [0.717, 1.165) is 34.6 Å². The summed E-state index contributed by atoms with van der Waals surface area (Å²) in [6.07, 6.45) is 7.98. The number of aromatic amines is 1. The first-order valence-corrected chi connectivity index (χ1v) is 9.80. The number of benzene rings is 1. The van der Waals surface area contributed by atoms with Crippen LogP contribution in [-0.4, -0.2) is 41.0 Å². The van der Waals surface area contributed by atoms with E-state index in [4.69, 9.17) is 9.47 Å². The summed E-state index contributed by atoms with van der Waals surface area (Å²) in [6, 6.07) is 6.68. The van der Waals surface area contributed by atoms with Crippen molar-refractivity contribution in [2.45, 2.75) is 37.1 Å². The summed E-state index contributed by atoms with van der Waals surface area (Å²) in [6.45, 7) is 2.06. The van der Waals surface area contributed by atoms with E-state index in [1.807, 2.05) is 30.1 Å². The Labute approximate surface area is 146 Å². The van der Waals surface area contributed by atoms with E-state index >= 15 is 0 Å². The summed E-state index contributed by atoms with van der Waals surface area (Å²) in [7, 11) is 0. The first kappa shape index (κ1) is 15.8. The molecule has 2 heterocycles. The first-order chi connectivity index (χ1) is 11.8. The summed E-state index contributed by atoms with van der Waals surface area (Å²) in [5, 5.41) is 11.9. The maximum absolute atomic E-state index is 5.69. The SMILES string of the molecule is CS[C@H]1CC[C@H](NCc2cn[nH]c2-c2ccc3c(c2)OCCO3)C1. The predicted molar refractivity (Wildman–Crippen MR) is 96.8 cm³/mol. The molecular formula is C18H23N3O2S. The standard InChI is InChI=1S/C18H23N3O2S/c1-24-15-4-3-14(9-15)19-10-13-11-20-21-18(13)12-2-5-16-17(8-12)23-7-6-22-16/h2,5,8,11,14-15,19H,3-4,6-7,9-10H2,1H3,(H,20,21)/t14-,15-/m0/s1. The van der Waals surface area contributed by atoms with Crippen molar-refractivity contribution >= 4 is 11.8 Å². The lowest BCUT2D eigenvalue weighted by Gasteiger charge is -2.19. The van der Waals surface area contributed by atoms with Crippen LogP contribution >= 0.6 is 11.8 Å². The minimum atomic E-state index is 0.603. The van der Waals surface area contributed by atoms with Gasteiger partial charge in [-0.2, -0.15) is 16.9 Å². The normalized spacial score (nSPS) is 22.7. The van der Waals surface area contributed by atoms with E-state index in [1.165, 1.54) is 24.8 Å². The fourth-order valence-corrected chi connectivity index (χ4v) is 4.28. The summed E-state index contributed by atoms with van der Waals surface area (Å²) < 4.78 is 11.3. The average molecular weight is 345 g/mol. The highest BCUT2D eigenvalue weighted by molar-refractivity contribution is 7.99. The molecule has 0 saturated heterocycles. The van der Waals surface area contributed by atoms with E-state index < -0.39 is 0 Å². The largest absolute Gasteiger partial charge is 0.486 e. The number of hydrogen-bond donors (Lipinski definition) is 2. The lowest BCUT2D eigenvalue weighted by Crippen LogP contribution is -2.26. The molecule has 0 radical (unpaired) electrons. The molecule has 4 rings (SSSR count). The molecule has 1 fully saturated rings. The third kappa shape index (κ3) is 3.26. The molecule has 2 N–H and O–H groups in total. The number of nitrogens with zero attached hydrogens (tertiary/aromatic N) is 1. The number of ether oxygens (including phenoxy) is 2. The van der Waals surface area contributed by atoms with Gasteiger partial charge in [-0.05, 0) is 43.7 Å². The van der Waals surface area contributed by atoms with Crippen LogP contribution in [-0.2, 0) is 6.54 Å². The molecule has 5 nitrogen and oxygen atoms in total. The molecule has 0 bridgehead atoms. The van der Waals surface area contributed by atoms with Gasteiger partial charge in [-0.3, -0.25) is 5.10 Å². The Morgan fingerprint density at radius 1 is 1.25 bits per heavy atom. The van der Waals surface area contributed by atoms with Gasteiger partial charge in [0.05, 0.1) is 11.9 Å². The lowest BCUT2D eigenvalue weighted by atomic mass is 10.1. The Kier molecular flexibility index (Phi) is 4.67. The summed E-state index contributed by atoms with van der Waals surface area (Å²) in [4.78, 5) is 0. The molecule has 1 aliphatic heterocycles. The van der Waals surface area contributed by atoms with Crippen LogP contribution in [0.1, 0.15) is 24.8 Å². The molecule has 128 valence electrons. The highest BCUT2D eigenvalue weighted by Gasteiger charge is 2.24. The number of aromatic nitrogens is 2. The molecule has 1 aromatic carbocycles. The Morgan fingerprint density at radius 2 is 2.12 bits per heavy atom. The summed E-state index contributed by atoms with van der Waals surface area (Å²) in [5.41, 5.74) is 3.33. The van der Waals surface area contributed by atoms with Crippen LogP contribution in [0.15, 0.2) is 24.4 Å². The van der Waals surface area contributed by atoms with Crippen molar-refractivity contribution in [3.05, 3.63) is 30.0 Å². The summed E-state index contributed by atoms with van der Waals surface area (Å²) in [5.74, 6) is 1.63. The van der Waals surface area contributed by atoms with Crippen LogP contribution in [0.4, 0.5) is 0 Å². The number of nitrogens with one attached hydrogen (secondary N) is 2. The van der Waals surface area contributed by atoms with Gasteiger partial charge in [0.1, 0.15) is 13.2 Å². The van der Waals surface area contributed by atoms with Gasteiger partial charge in [0, 0.05) is 29.0 Å². The fourth-order valence-electron chi connectivity index (χ4n) is 3.49. The molecule has 2 atom stereocenters. The smallest absolute Gasteiger partial charge is 0.162 e. The molecule has 1 aliphatic carbocycles. The lowest BCUT2D eigenvalue weighted by molar-refractivity contribution is 0.171. The fraction of sp³-hybridized carbons (Fsp3) is 0.500. The topological polar surface area (TPSA) is 59.2 Å². The van der Waals surface area contributed by atoms with E-state index in [9.17, 15) is 0 Å². The zero-order chi connectivity index (χ0) is 16.4. The van der Waals surface area contributed by atoms with E-state index in [1.54, 1.807) is 0 Å². The van der Waals surface area contributed by atoms with Crippen molar-refractivity contribution in [3.8, 4) is 22.8 Å². The van der Waals surface area contributed by atoms with Crippen LogP contribution < -0.4 is 14.8 Å². The third-order valence-electron chi connectivity index (χ3n) is 4.85. The maximum Gasteiger partial charge on any atom is 0.162 e. The second kappa shape index (κ2) is 7.07. The third-order valence-corrected chi connectivity index (χ3v) is 5.94. The second-order valence-electron chi connectivity index (χ2n) is 6.38. The Hall–Kier alpha value is -1.66. The molecule has 1 saturated carbocycles. The van der Waals surface area contributed by atoms with Crippen molar-refractivity contribution in [2.24, 2.45) is 0 Å². The van der Waals surface area contributed by atoms with Crippen molar-refractivity contribution in [1.29, 1.82) is 0 Å². The van der Waals surface area contributed by atoms with Gasteiger partial charge in [-0.25, -0.2) is 0 Å². The van der Waals surface area contributed by atoms with E-state index in [2.05, 4.69) is 27.8 Å². The van der Waals surface area contributed by atoms with Crippen molar-refractivity contribution in [1.82, 2.24) is 15.5 Å². The zero-order valence-electron chi connectivity index (χ0n) is 13.9. The van der Waals surface area contributed by atoms with Crippen molar-refractivity contribution < 1.29 is 9.47 Å². The van der Waals surface area contributed by atoms with Gasteiger partial charge in [0.15, 0.2) is 11.5 Å². The minimum absolute atomic E-state index is 0.603. The van der Waals surface area contributed by atoms with E-state index in [-0.39, 0.29) is 0 Å². The van der Waals surface area contributed by atoms with Crippen LogP contribution in [0.5, 0.6) is 11.5 Å². The quantitative estimate of drug-likeness (QED) is 0.871. The Bertz CT molecular complexity index is 703. The molecule has 0 amide bonds. The number of fused-ring (bicyclic) bond motifs is 1. The minimum Gasteiger partial charge on any atom is -0.486 e. The van der Waals surface area contributed by atoms with Crippen molar-refractivity contribution in [2.75, 3.05) is 19.5 Å². The number of hydrogen-bond acceptors (Lipinski definition) is 5. The molecular weight excluding hydrogens is 322 g/mol. The predicted octanol–water partition coefficient (Wildman–Crippen LogP) is 3.22. The second-order valence-corrected chi connectivity index (χ2v) is 7.52. The average Bonchev–Trinajstić information content (AvgIpc) is 3.28. The molecule has 2 aliphatic rings. The van der Waals surface area contributed by atoms with Crippen LogP contribution in [0, 0.1) is 0 Å². The first-order valence-electron chi connectivity index (χ1n) is 8.52. The molecule has 0 unspecified atom stereocenters. The molecule has 1 aromatic heterocycles. The van der Waals surface area contributed by atoms with Crippen LogP contribution in [0.2, 0.25) is 0 Å². The summed E-state index contributed by atoms with van der Waals surface area (Å²) >= 11 is 1.99. The van der Waals surface area contributed by atoms with Crippen LogP contribution in [0.25, 0.3) is 11.3 Å². The van der Waals surface area contributed by atoms with Gasteiger partial charge < -0.3 is 14.8 Å². The molecule has 24 heavy (non-hydrogen) atoms. The van der Waals surface area contributed by atoms with E-state index in [0.29, 0.717) is 19.3 Å². The molecule has 0 spiro atoms. The molecule has 2 aromatic rings. The van der Waals surface area contributed by atoms with Crippen molar-refractivity contribution in [3.63, 3.8) is 0 Å². The molecule has 6 heteroatoms. The van der Waals surface area contributed by atoms with Gasteiger partial charge >= 0.3 is 0 Å². The highest BCUT2D eigenvalue weighted by Crippen LogP contribution is 2.35. The van der Waals surface area contributed by atoms with Gasteiger partial charge in [-0.1, -0.05) is 0 Å². The highest BCUT2D eigenvalue weighted by atomic mass is 32.2. The van der Waals surface area contributed by atoms with Crippen LogP contribution in [0.3, 0.4) is 0 Å². The van der Waals surface area contributed by atoms with Gasteiger partial charge in [0.25, 0.3) is 0 Å². The monoisotopic (exact) mass is 345 g/mol. The number of rotatable bonds is 5. The number of thioether (sulfide) groups is 1. The number of H-pyrrole nitrogens is 1. The van der Waals surface area contributed by atoms with Gasteiger partial charge in [-0.15, -0.1) is 0 Å². The Morgan fingerprint density at radius 3 is 2.96 bits per heavy atom. The Balaban J connectivity index is 1.46. The van der Waals surface area contributed by atoms with Gasteiger partial charge in [0.2, 0.25) is 0 Å². The maximum atomic E-state index is 5.69.